The van der Waals surface area contributed by atoms with E-state index in [0.29, 0.717) is 6.42 Å². The maximum Gasteiger partial charge on any atom is 0.194 e. The van der Waals surface area contributed by atoms with Gasteiger partial charge in [-0.2, -0.15) is 0 Å². The molecule has 0 aromatic heterocycles. The normalized spacial score (nSPS) is 13.7. The lowest BCUT2D eigenvalue weighted by Crippen LogP contribution is -2.36. The zero-order chi connectivity index (χ0) is 13.9. The third kappa shape index (κ3) is 3.22. The smallest absolute Gasteiger partial charge is 0.194 e. The lowest BCUT2D eigenvalue weighted by molar-refractivity contribution is 0.00648. The van der Waals surface area contributed by atoms with Crippen LogP contribution in [0.5, 0.6) is 0 Å². The van der Waals surface area contributed by atoms with Gasteiger partial charge in [0.15, 0.2) is 17.5 Å². The highest BCUT2D eigenvalue weighted by atomic mass is 19.2. The Morgan fingerprint density at radius 3 is 2.39 bits per heavy atom. The second-order valence-corrected chi connectivity index (χ2v) is 4.65. The molecule has 0 aliphatic heterocycles. The molecule has 0 fully saturated rings. The topological polar surface area (TPSA) is 47.3 Å². The summed E-state index contributed by atoms with van der Waals surface area (Å²) in [6, 6.07) is 1.37. The lowest BCUT2D eigenvalue weighted by Gasteiger charge is -2.28. The van der Waals surface area contributed by atoms with E-state index in [2.05, 4.69) is 5.43 Å². The van der Waals surface area contributed by atoms with Crippen molar-refractivity contribution in [3.8, 4) is 0 Å². The van der Waals surface area contributed by atoms with E-state index in [9.17, 15) is 13.2 Å². The molecule has 0 aliphatic carbocycles. The fourth-order valence-electron chi connectivity index (χ4n) is 1.64. The molecule has 0 aliphatic rings. The first kappa shape index (κ1) is 14.9. The van der Waals surface area contributed by atoms with Crippen LogP contribution in [0.1, 0.15) is 31.9 Å². The Morgan fingerprint density at radius 1 is 1.28 bits per heavy atom. The number of halogens is 3. The predicted octanol–water partition coefficient (Wildman–Crippen LogP) is 2.42. The summed E-state index contributed by atoms with van der Waals surface area (Å²) in [5, 5.41) is 0. The number of nitrogens with one attached hydrogen (secondary N) is 1. The third-order valence-electron chi connectivity index (χ3n) is 2.89. The Morgan fingerprint density at radius 2 is 1.89 bits per heavy atom. The molecule has 0 heterocycles. The second kappa shape index (κ2) is 5.69. The van der Waals surface area contributed by atoms with Gasteiger partial charge in [-0.05, 0) is 26.3 Å². The molecule has 0 saturated carbocycles. The highest BCUT2D eigenvalue weighted by Gasteiger charge is 2.27. The van der Waals surface area contributed by atoms with Crippen LogP contribution in [0.25, 0.3) is 0 Å². The van der Waals surface area contributed by atoms with Crippen molar-refractivity contribution >= 4 is 0 Å². The molecule has 1 aromatic carbocycles. The molecular formula is C12H17F3N2O. The number of hydrazine groups is 1. The minimum atomic E-state index is -1.50. The Labute approximate surface area is 104 Å². The minimum absolute atomic E-state index is 0.0264. The van der Waals surface area contributed by atoms with Crippen LogP contribution in [0.3, 0.4) is 0 Å². The molecule has 3 nitrogen and oxygen atoms in total. The Kier molecular flexibility index (Phi) is 4.72. The van der Waals surface area contributed by atoms with E-state index < -0.39 is 29.1 Å². The number of hydrogen-bond acceptors (Lipinski definition) is 3. The summed E-state index contributed by atoms with van der Waals surface area (Å²) >= 11 is 0. The number of methoxy groups -OCH3 is 1. The molecule has 1 rings (SSSR count). The highest BCUT2D eigenvalue weighted by Crippen LogP contribution is 2.28. The number of rotatable bonds is 5. The van der Waals surface area contributed by atoms with Crippen LogP contribution in [0, 0.1) is 17.5 Å². The van der Waals surface area contributed by atoms with Crippen molar-refractivity contribution in [1.82, 2.24) is 5.43 Å². The zero-order valence-electron chi connectivity index (χ0n) is 10.6. The molecule has 1 atom stereocenters. The van der Waals surface area contributed by atoms with Gasteiger partial charge in [0, 0.05) is 12.7 Å². The fourth-order valence-corrected chi connectivity index (χ4v) is 1.64. The SMILES string of the molecule is COC(C)(C)CC(NN)c1ccc(F)c(F)c1F. The Hall–Kier alpha value is -1.11. The maximum atomic E-state index is 13.6. The number of nitrogens with two attached hydrogens (primary N) is 1. The summed E-state index contributed by atoms with van der Waals surface area (Å²) in [5.74, 6) is 1.38. The second-order valence-electron chi connectivity index (χ2n) is 4.65. The van der Waals surface area contributed by atoms with Gasteiger partial charge in [0.2, 0.25) is 0 Å². The van der Waals surface area contributed by atoms with Crippen LogP contribution >= 0.6 is 0 Å². The molecule has 0 saturated heterocycles. The van der Waals surface area contributed by atoms with Crippen LogP contribution in [-0.4, -0.2) is 12.7 Å². The molecular weight excluding hydrogens is 245 g/mol. The van der Waals surface area contributed by atoms with Crippen molar-refractivity contribution in [1.29, 1.82) is 0 Å². The summed E-state index contributed by atoms with van der Waals surface area (Å²) in [6.07, 6.45) is 0.308. The molecule has 0 amide bonds. The van der Waals surface area contributed by atoms with E-state index in [1.807, 2.05) is 0 Å². The van der Waals surface area contributed by atoms with E-state index in [1.165, 1.54) is 13.2 Å². The van der Waals surface area contributed by atoms with Crippen molar-refractivity contribution in [2.75, 3.05) is 7.11 Å². The molecule has 1 unspecified atom stereocenters. The number of hydrogen-bond donors (Lipinski definition) is 2. The van der Waals surface area contributed by atoms with E-state index in [1.54, 1.807) is 13.8 Å². The van der Waals surface area contributed by atoms with E-state index in [-0.39, 0.29) is 5.56 Å². The summed E-state index contributed by atoms with van der Waals surface area (Å²) in [7, 11) is 1.51. The first-order valence-electron chi connectivity index (χ1n) is 5.47. The van der Waals surface area contributed by atoms with Gasteiger partial charge in [-0.25, -0.2) is 13.2 Å². The number of benzene rings is 1. The van der Waals surface area contributed by atoms with E-state index >= 15 is 0 Å². The molecule has 3 N–H and O–H groups in total. The minimum Gasteiger partial charge on any atom is -0.379 e. The van der Waals surface area contributed by atoms with Crippen LogP contribution in [0.15, 0.2) is 12.1 Å². The van der Waals surface area contributed by atoms with Gasteiger partial charge >= 0.3 is 0 Å². The first-order chi connectivity index (χ1) is 8.32. The lowest BCUT2D eigenvalue weighted by atomic mass is 9.93. The summed E-state index contributed by atoms with van der Waals surface area (Å²) in [6.45, 7) is 3.57. The average Bonchev–Trinajstić information content (AvgIpc) is 2.34. The van der Waals surface area contributed by atoms with Gasteiger partial charge in [-0.15, -0.1) is 0 Å². The van der Waals surface area contributed by atoms with Crippen molar-refractivity contribution < 1.29 is 17.9 Å². The monoisotopic (exact) mass is 262 g/mol. The zero-order valence-corrected chi connectivity index (χ0v) is 10.6. The molecule has 18 heavy (non-hydrogen) atoms. The van der Waals surface area contributed by atoms with E-state index in [0.717, 1.165) is 6.07 Å². The quantitative estimate of drug-likeness (QED) is 0.486. The van der Waals surface area contributed by atoms with Gasteiger partial charge < -0.3 is 4.74 Å². The predicted molar refractivity (Wildman–Crippen MR) is 62.1 cm³/mol. The fraction of sp³-hybridized carbons (Fsp3) is 0.500. The molecule has 0 spiro atoms. The maximum absolute atomic E-state index is 13.6. The van der Waals surface area contributed by atoms with Crippen LogP contribution < -0.4 is 11.3 Å². The summed E-state index contributed by atoms with van der Waals surface area (Å²) < 4.78 is 44.8. The number of ether oxygens (including phenoxy) is 1. The summed E-state index contributed by atoms with van der Waals surface area (Å²) in [4.78, 5) is 0. The highest BCUT2D eigenvalue weighted by molar-refractivity contribution is 5.24. The summed E-state index contributed by atoms with van der Waals surface area (Å²) in [5.41, 5.74) is 1.79. The van der Waals surface area contributed by atoms with Crippen molar-refractivity contribution in [2.24, 2.45) is 5.84 Å². The molecule has 0 radical (unpaired) electrons. The standard InChI is InChI=1S/C12H17F3N2O/c1-12(2,18-3)6-9(17-16)7-4-5-8(13)11(15)10(7)14/h4-5,9,17H,6,16H2,1-3H3. The van der Waals surface area contributed by atoms with Gasteiger partial charge in [0.05, 0.1) is 11.6 Å². The Bertz CT molecular complexity index is 424. The van der Waals surface area contributed by atoms with Crippen LogP contribution in [-0.2, 0) is 4.74 Å². The molecule has 6 heteroatoms. The van der Waals surface area contributed by atoms with Gasteiger partial charge in [0.25, 0.3) is 0 Å². The molecule has 102 valence electrons. The van der Waals surface area contributed by atoms with Crippen LogP contribution in [0.4, 0.5) is 13.2 Å². The first-order valence-corrected chi connectivity index (χ1v) is 5.47. The van der Waals surface area contributed by atoms with Crippen molar-refractivity contribution in [3.05, 3.63) is 35.1 Å². The Balaban J connectivity index is 3.07. The third-order valence-corrected chi connectivity index (χ3v) is 2.89. The van der Waals surface area contributed by atoms with Gasteiger partial charge in [0.1, 0.15) is 0 Å². The van der Waals surface area contributed by atoms with Crippen molar-refractivity contribution in [3.63, 3.8) is 0 Å². The van der Waals surface area contributed by atoms with Gasteiger partial charge in [-0.1, -0.05) is 6.07 Å². The van der Waals surface area contributed by atoms with Crippen molar-refractivity contribution in [2.45, 2.75) is 31.9 Å². The average molecular weight is 262 g/mol. The largest absolute Gasteiger partial charge is 0.379 e. The van der Waals surface area contributed by atoms with Gasteiger partial charge in [-0.3, -0.25) is 11.3 Å². The molecule has 1 aromatic rings. The molecule has 0 bridgehead atoms. The van der Waals surface area contributed by atoms with E-state index in [4.69, 9.17) is 10.6 Å². The van der Waals surface area contributed by atoms with Crippen LogP contribution in [0.2, 0.25) is 0 Å².